The summed E-state index contributed by atoms with van der Waals surface area (Å²) in [6.07, 6.45) is 0.314. The minimum atomic E-state index is -0.592. The smallest absolute Gasteiger partial charge is 0.258 e. The van der Waals surface area contributed by atoms with Crippen molar-refractivity contribution < 1.29 is 9.18 Å². The summed E-state index contributed by atoms with van der Waals surface area (Å²) in [5.74, 6) is -1.11. The summed E-state index contributed by atoms with van der Waals surface area (Å²) < 4.78 is 14.0. The molecule has 0 spiro atoms. The lowest BCUT2D eigenvalue weighted by atomic mass is 10.1. The Labute approximate surface area is 124 Å². The van der Waals surface area contributed by atoms with Gasteiger partial charge < -0.3 is 5.32 Å². The fraction of sp³-hybridized carbons (Fsp3) is 0.0667. The number of nitrogens with zero attached hydrogens (tertiary/aromatic N) is 1. The highest BCUT2D eigenvalue weighted by atomic mass is 79.9. The molecule has 0 saturated heterocycles. The van der Waals surface area contributed by atoms with Crippen LogP contribution in [0.2, 0.25) is 0 Å². The summed E-state index contributed by atoms with van der Waals surface area (Å²) in [5.41, 5.74) is 1.38. The number of halogens is 2. The predicted octanol–water partition coefficient (Wildman–Crippen LogP) is 3.91. The second-order valence-corrected chi connectivity index (χ2v) is 4.94. The number of carbonyl (C=O) groups excluding carboxylic acids is 1. The maximum Gasteiger partial charge on any atom is 0.258 e. The van der Waals surface area contributed by atoms with Crippen LogP contribution >= 0.6 is 15.9 Å². The van der Waals surface area contributed by atoms with Gasteiger partial charge in [-0.05, 0) is 45.8 Å². The second kappa shape index (κ2) is 6.31. The second-order valence-electron chi connectivity index (χ2n) is 4.09. The quantitative estimate of drug-likeness (QED) is 0.926. The summed E-state index contributed by atoms with van der Waals surface area (Å²) in [6, 6.07) is 13.4. The van der Waals surface area contributed by atoms with E-state index in [9.17, 15) is 9.18 Å². The monoisotopic (exact) mass is 332 g/mol. The molecule has 1 N–H and O–H groups in total. The lowest BCUT2D eigenvalue weighted by Crippen LogP contribution is -2.13. The first kappa shape index (κ1) is 14.2. The van der Waals surface area contributed by atoms with Crippen LogP contribution in [0.15, 0.2) is 46.9 Å². The zero-order valence-electron chi connectivity index (χ0n) is 10.4. The highest BCUT2D eigenvalue weighted by Gasteiger charge is 2.13. The maximum absolute atomic E-state index is 13.8. The molecule has 0 unspecified atom stereocenters. The molecule has 0 saturated carbocycles. The number of anilines is 1. The third-order valence-corrected chi connectivity index (χ3v) is 3.30. The van der Waals surface area contributed by atoms with Gasteiger partial charge in [0.05, 0.1) is 22.5 Å². The number of benzene rings is 2. The van der Waals surface area contributed by atoms with Gasteiger partial charge in [-0.1, -0.05) is 18.2 Å². The average Bonchev–Trinajstić information content (AvgIpc) is 2.44. The predicted molar refractivity (Wildman–Crippen MR) is 77.8 cm³/mol. The van der Waals surface area contributed by atoms with Crippen molar-refractivity contribution in [3.05, 3.63) is 63.9 Å². The molecule has 100 valence electrons. The van der Waals surface area contributed by atoms with Gasteiger partial charge in [0.1, 0.15) is 5.82 Å². The van der Waals surface area contributed by atoms with Crippen molar-refractivity contribution >= 4 is 27.5 Å². The van der Waals surface area contributed by atoms with Crippen LogP contribution in [0.1, 0.15) is 15.9 Å². The number of nitrogens with one attached hydrogen (secondary N) is 1. The maximum atomic E-state index is 13.8. The van der Waals surface area contributed by atoms with E-state index in [2.05, 4.69) is 21.2 Å². The minimum absolute atomic E-state index is 0.0273. The van der Waals surface area contributed by atoms with E-state index in [1.807, 2.05) is 6.07 Å². The normalized spacial score (nSPS) is 9.85. The van der Waals surface area contributed by atoms with Gasteiger partial charge in [-0.3, -0.25) is 4.79 Å². The molecule has 0 aliphatic heterocycles. The molecule has 0 aliphatic carbocycles. The fourth-order valence-electron chi connectivity index (χ4n) is 1.67. The van der Waals surface area contributed by atoms with Crippen molar-refractivity contribution in [2.24, 2.45) is 0 Å². The van der Waals surface area contributed by atoms with Gasteiger partial charge in [-0.15, -0.1) is 0 Å². The van der Waals surface area contributed by atoms with Gasteiger partial charge in [0.25, 0.3) is 5.91 Å². The summed E-state index contributed by atoms with van der Waals surface area (Å²) in [7, 11) is 0. The molecule has 2 aromatic rings. The van der Waals surface area contributed by atoms with Crippen molar-refractivity contribution in [2.45, 2.75) is 6.42 Å². The summed E-state index contributed by atoms with van der Waals surface area (Å²) in [4.78, 5) is 12.0. The molecule has 0 aliphatic rings. The van der Waals surface area contributed by atoms with Gasteiger partial charge in [0.2, 0.25) is 0 Å². The van der Waals surface area contributed by atoms with Crippen LogP contribution in [0.4, 0.5) is 10.1 Å². The van der Waals surface area contributed by atoms with Gasteiger partial charge in [0, 0.05) is 5.69 Å². The zero-order valence-corrected chi connectivity index (χ0v) is 11.9. The molecule has 0 atom stereocenters. The molecule has 0 fully saturated rings. The first-order valence-corrected chi connectivity index (χ1v) is 6.62. The Bertz CT molecular complexity index is 677. The number of hydrogen-bond acceptors (Lipinski definition) is 2. The standard InChI is InChI=1S/C15H10BrFN2O/c16-13-3-1-2-12(14(13)17)15(20)19-11-6-4-10(5-7-11)8-9-18/h1-7H,8H2,(H,19,20). The van der Waals surface area contributed by atoms with Crippen LogP contribution < -0.4 is 5.32 Å². The van der Waals surface area contributed by atoms with Crippen LogP contribution in [-0.4, -0.2) is 5.91 Å². The SMILES string of the molecule is N#CCc1ccc(NC(=O)c2cccc(Br)c2F)cc1. The Morgan fingerprint density at radius 3 is 2.60 bits per heavy atom. The summed E-state index contributed by atoms with van der Waals surface area (Å²) in [5, 5.41) is 11.2. The molecule has 0 heterocycles. The van der Waals surface area contributed by atoms with Crippen LogP contribution in [-0.2, 0) is 6.42 Å². The van der Waals surface area contributed by atoms with Crippen molar-refractivity contribution in [1.29, 1.82) is 5.26 Å². The molecule has 0 aromatic heterocycles. The largest absolute Gasteiger partial charge is 0.322 e. The van der Waals surface area contributed by atoms with Gasteiger partial charge in [0.15, 0.2) is 0 Å². The molecule has 0 bridgehead atoms. The Hall–Kier alpha value is -2.19. The number of carbonyl (C=O) groups is 1. The molecule has 2 aromatic carbocycles. The lowest BCUT2D eigenvalue weighted by molar-refractivity contribution is 0.102. The Kier molecular flexibility index (Phi) is 4.49. The van der Waals surface area contributed by atoms with E-state index in [1.54, 1.807) is 30.3 Å². The van der Waals surface area contributed by atoms with Crippen LogP contribution in [0.3, 0.4) is 0 Å². The molecule has 5 heteroatoms. The number of rotatable bonds is 3. The van der Waals surface area contributed by atoms with Gasteiger partial charge >= 0.3 is 0 Å². The zero-order chi connectivity index (χ0) is 14.5. The van der Waals surface area contributed by atoms with E-state index in [-0.39, 0.29) is 10.0 Å². The highest BCUT2D eigenvalue weighted by molar-refractivity contribution is 9.10. The molecule has 3 nitrogen and oxygen atoms in total. The molecular weight excluding hydrogens is 323 g/mol. The summed E-state index contributed by atoms with van der Waals surface area (Å²) >= 11 is 3.04. The third-order valence-electron chi connectivity index (χ3n) is 2.69. The number of nitriles is 1. The molecule has 2 rings (SSSR count). The van der Waals surface area contributed by atoms with Crippen molar-refractivity contribution in [3.8, 4) is 6.07 Å². The fourth-order valence-corrected chi connectivity index (χ4v) is 2.04. The van der Waals surface area contributed by atoms with E-state index in [0.717, 1.165) is 5.56 Å². The highest BCUT2D eigenvalue weighted by Crippen LogP contribution is 2.20. The Morgan fingerprint density at radius 1 is 1.25 bits per heavy atom. The van der Waals surface area contributed by atoms with Crippen LogP contribution in [0, 0.1) is 17.1 Å². The Balaban J connectivity index is 2.15. The van der Waals surface area contributed by atoms with E-state index < -0.39 is 11.7 Å². The van der Waals surface area contributed by atoms with E-state index >= 15 is 0 Å². The first-order chi connectivity index (χ1) is 9.61. The van der Waals surface area contributed by atoms with Crippen molar-refractivity contribution in [2.75, 3.05) is 5.32 Å². The Morgan fingerprint density at radius 2 is 1.95 bits per heavy atom. The first-order valence-electron chi connectivity index (χ1n) is 5.83. The molecule has 20 heavy (non-hydrogen) atoms. The van der Waals surface area contributed by atoms with Gasteiger partial charge in [-0.2, -0.15) is 5.26 Å². The molecule has 0 radical (unpaired) electrons. The number of hydrogen-bond donors (Lipinski definition) is 1. The number of amides is 1. The summed E-state index contributed by atoms with van der Waals surface area (Å²) in [6.45, 7) is 0. The van der Waals surface area contributed by atoms with E-state index in [4.69, 9.17) is 5.26 Å². The lowest BCUT2D eigenvalue weighted by Gasteiger charge is -2.07. The topological polar surface area (TPSA) is 52.9 Å². The van der Waals surface area contributed by atoms with Crippen molar-refractivity contribution in [3.63, 3.8) is 0 Å². The van der Waals surface area contributed by atoms with Crippen LogP contribution in [0.5, 0.6) is 0 Å². The molecule has 1 amide bonds. The average molecular weight is 333 g/mol. The molecular formula is C15H10BrFN2O. The van der Waals surface area contributed by atoms with Gasteiger partial charge in [-0.25, -0.2) is 4.39 Å². The van der Waals surface area contributed by atoms with Crippen LogP contribution in [0.25, 0.3) is 0 Å². The van der Waals surface area contributed by atoms with Crippen molar-refractivity contribution in [1.82, 2.24) is 0 Å². The van der Waals surface area contributed by atoms with E-state index in [1.165, 1.54) is 12.1 Å². The minimum Gasteiger partial charge on any atom is -0.322 e. The van der Waals surface area contributed by atoms with E-state index in [0.29, 0.717) is 12.1 Å². The third kappa shape index (κ3) is 3.22.